The van der Waals surface area contributed by atoms with Crippen LogP contribution in [0.5, 0.6) is 11.5 Å². The molecule has 0 heterocycles. The molecule has 0 aliphatic carbocycles. The lowest BCUT2D eigenvalue weighted by Crippen LogP contribution is -2.38. The maximum absolute atomic E-state index is 13.6. The Balaban J connectivity index is 1.57. The fourth-order valence-electron chi connectivity index (χ4n) is 3.79. The molecule has 0 aromatic heterocycles. The van der Waals surface area contributed by atoms with E-state index in [0.717, 1.165) is 4.31 Å². The number of hydrogen-bond donors (Lipinski definition) is 2. The Morgan fingerprint density at radius 2 is 1.41 bits per heavy atom. The number of amides is 1. The number of anilines is 3. The van der Waals surface area contributed by atoms with Crippen LogP contribution in [0.25, 0.3) is 0 Å². The Kier molecular flexibility index (Phi) is 9.06. The van der Waals surface area contributed by atoms with Gasteiger partial charge in [-0.25, -0.2) is 16.8 Å². The zero-order chi connectivity index (χ0) is 29.6. The maximum Gasteiger partial charge on any atom is 0.264 e. The van der Waals surface area contributed by atoms with Crippen molar-refractivity contribution < 1.29 is 31.1 Å². The molecule has 0 unspecified atom stereocenters. The Hall–Kier alpha value is -4.26. The first-order chi connectivity index (χ1) is 19.5. The minimum absolute atomic E-state index is 0.0200. The van der Waals surface area contributed by atoms with Crippen LogP contribution in [0.4, 0.5) is 17.1 Å². The largest absolute Gasteiger partial charge is 0.497 e. The van der Waals surface area contributed by atoms with E-state index in [0.29, 0.717) is 16.5 Å². The molecule has 4 rings (SSSR count). The van der Waals surface area contributed by atoms with E-state index in [1.54, 1.807) is 36.4 Å². The second kappa shape index (κ2) is 12.5. The van der Waals surface area contributed by atoms with Crippen molar-refractivity contribution in [2.24, 2.45) is 0 Å². The summed E-state index contributed by atoms with van der Waals surface area (Å²) in [5.74, 6) is -0.0515. The minimum Gasteiger partial charge on any atom is -0.497 e. The number of carbonyl (C=O) groups excluding carboxylic acids is 1. The van der Waals surface area contributed by atoms with Gasteiger partial charge in [0.2, 0.25) is 5.91 Å². The lowest BCUT2D eigenvalue weighted by atomic mass is 10.2. The summed E-state index contributed by atoms with van der Waals surface area (Å²) in [6, 6.07) is 23.8. The van der Waals surface area contributed by atoms with Gasteiger partial charge in [-0.15, -0.1) is 0 Å². The van der Waals surface area contributed by atoms with Gasteiger partial charge in [-0.2, -0.15) is 0 Å². The first-order valence-electron chi connectivity index (χ1n) is 12.0. The summed E-state index contributed by atoms with van der Waals surface area (Å²) < 4.78 is 66.8. The summed E-state index contributed by atoms with van der Waals surface area (Å²) in [5.41, 5.74) is 0.724. The van der Waals surface area contributed by atoms with E-state index in [4.69, 9.17) is 21.1 Å². The predicted molar refractivity (Wildman–Crippen MR) is 158 cm³/mol. The van der Waals surface area contributed by atoms with Gasteiger partial charge in [-0.1, -0.05) is 29.8 Å². The van der Waals surface area contributed by atoms with Gasteiger partial charge < -0.3 is 14.8 Å². The molecule has 214 valence electrons. The summed E-state index contributed by atoms with van der Waals surface area (Å²) in [6.45, 7) is -0.599. The monoisotopic (exact) mass is 615 g/mol. The number of ether oxygens (including phenoxy) is 2. The third-order valence-corrected chi connectivity index (χ3v) is 9.24. The van der Waals surface area contributed by atoms with Crippen molar-refractivity contribution in [2.45, 2.75) is 9.79 Å². The van der Waals surface area contributed by atoms with E-state index < -0.39 is 32.5 Å². The minimum atomic E-state index is -4.20. The van der Waals surface area contributed by atoms with Crippen LogP contribution in [0.3, 0.4) is 0 Å². The van der Waals surface area contributed by atoms with Gasteiger partial charge >= 0.3 is 0 Å². The lowest BCUT2D eigenvalue weighted by molar-refractivity contribution is -0.114. The number of nitrogens with zero attached hydrogens (tertiary/aromatic N) is 1. The van der Waals surface area contributed by atoms with Gasteiger partial charge in [0.1, 0.15) is 18.0 Å². The Morgan fingerprint density at radius 1 is 0.780 bits per heavy atom. The smallest absolute Gasteiger partial charge is 0.264 e. The number of carbonyl (C=O) groups is 1. The summed E-state index contributed by atoms with van der Waals surface area (Å²) in [4.78, 5) is 13.1. The average Bonchev–Trinajstić information content (AvgIpc) is 2.97. The van der Waals surface area contributed by atoms with E-state index in [-0.39, 0.29) is 26.9 Å². The molecule has 10 nitrogen and oxygen atoms in total. The molecule has 0 bridgehead atoms. The molecule has 0 aliphatic rings. The number of benzene rings is 4. The van der Waals surface area contributed by atoms with Gasteiger partial charge in [0, 0.05) is 22.5 Å². The second-order valence-electron chi connectivity index (χ2n) is 8.55. The Morgan fingerprint density at radius 3 is 2.02 bits per heavy atom. The lowest BCUT2D eigenvalue weighted by Gasteiger charge is -2.26. The highest BCUT2D eigenvalue weighted by molar-refractivity contribution is 7.93. The number of sulfonamides is 2. The number of rotatable bonds is 11. The van der Waals surface area contributed by atoms with Crippen molar-refractivity contribution in [3.05, 3.63) is 102 Å². The van der Waals surface area contributed by atoms with Crippen LogP contribution in [0.2, 0.25) is 5.02 Å². The molecular weight excluding hydrogens is 590 g/mol. The standard InChI is InChI=1S/C28H26ClN3O7S2/c1-38-23-14-17-26(27(18-23)39-2)32(41(36,37)25-6-4-3-5-7-25)19-28(33)30-21-12-15-24(16-13-21)40(34,35)31-22-10-8-20(29)9-11-22/h3-18,31H,19H2,1-2H3,(H,30,33). The molecule has 1 amide bonds. The molecule has 0 radical (unpaired) electrons. The van der Waals surface area contributed by atoms with Gasteiger partial charge in [-0.3, -0.25) is 13.8 Å². The topological polar surface area (TPSA) is 131 Å². The summed E-state index contributed by atoms with van der Waals surface area (Å²) >= 11 is 5.85. The second-order valence-corrected chi connectivity index (χ2v) is 12.5. The SMILES string of the molecule is COc1ccc(N(CC(=O)Nc2ccc(S(=O)(=O)Nc3ccc(Cl)cc3)cc2)S(=O)(=O)c2ccccc2)c(OC)c1. The summed E-state index contributed by atoms with van der Waals surface area (Å²) in [6.07, 6.45) is 0. The zero-order valence-electron chi connectivity index (χ0n) is 21.9. The van der Waals surface area contributed by atoms with Gasteiger partial charge in [-0.05, 0) is 72.8 Å². The van der Waals surface area contributed by atoms with Crippen LogP contribution in [0, 0.1) is 0 Å². The highest BCUT2D eigenvalue weighted by Gasteiger charge is 2.29. The molecule has 4 aromatic rings. The highest BCUT2D eigenvalue weighted by Crippen LogP contribution is 2.35. The number of methoxy groups -OCH3 is 2. The van der Waals surface area contributed by atoms with Crippen LogP contribution in [0.1, 0.15) is 0 Å². The van der Waals surface area contributed by atoms with Gasteiger partial charge in [0.05, 0.1) is 29.7 Å². The maximum atomic E-state index is 13.6. The molecule has 41 heavy (non-hydrogen) atoms. The molecule has 0 fully saturated rings. The number of nitrogens with one attached hydrogen (secondary N) is 2. The van der Waals surface area contributed by atoms with Crippen molar-refractivity contribution in [3.63, 3.8) is 0 Å². The molecule has 2 N–H and O–H groups in total. The van der Waals surface area contributed by atoms with Crippen LogP contribution in [-0.4, -0.2) is 43.5 Å². The summed E-state index contributed by atoms with van der Waals surface area (Å²) in [7, 11) is -5.26. The molecule has 4 aromatic carbocycles. The fourth-order valence-corrected chi connectivity index (χ4v) is 6.43. The van der Waals surface area contributed by atoms with E-state index in [9.17, 15) is 21.6 Å². The van der Waals surface area contributed by atoms with Crippen molar-refractivity contribution in [2.75, 3.05) is 35.1 Å². The third-order valence-electron chi connectivity index (χ3n) is 5.82. The Labute approximate surface area is 243 Å². The first-order valence-corrected chi connectivity index (χ1v) is 15.3. The molecule has 0 aliphatic heterocycles. The zero-order valence-corrected chi connectivity index (χ0v) is 24.3. The molecule has 0 atom stereocenters. The van der Waals surface area contributed by atoms with Crippen molar-refractivity contribution in [1.82, 2.24) is 0 Å². The van der Waals surface area contributed by atoms with E-state index >= 15 is 0 Å². The van der Waals surface area contributed by atoms with Crippen molar-refractivity contribution in [1.29, 1.82) is 0 Å². The molecule has 0 saturated carbocycles. The van der Waals surface area contributed by atoms with Gasteiger partial charge in [0.15, 0.2) is 0 Å². The highest BCUT2D eigenvalue weighted by atomic mass is 35.5. The van der Waals surface area contributed by atoms with Crippen LogP contribution in [0.15, 0.2) is 107 Å². The molecular formula is C28H26ClN3O7S2. The third kappa shape index (κ3) is 7.09. The summed E-state index contributed by atoms with van der Waals surface area (Å²) in [5, 5.41) is 3.09. The van der Waals surface area contributed by atoms with Crippen molar-refractivity contribution in [3.8, 4) is 11.5 Å². The number of halogens is 1. The number of hydrogen-bond acceptors (Lipinski definition) is 7. The molecule has 0 spiro atoms. The first kappa shape index (κ1) is 29.7. The van der Waals surface area contributed by atoms with Crippen LogP contribution < -0.4 is 23.8 Å². The van der Waals surface area contributed by atoms with Crippen molar-refractivity contribution >= 4 is 54.6 Å². The van der Waals surface area contributed by atoms with E-state index in [1.807, 2.05) is 0 Å². The van der Waals surface area contributed by atoms with Crippen LogP contribution >= 0.6 is 11.6 Å². The van der Waals surface area contributed by atoms with Crippen LogP contribution in [-0.2, 0) is 24.8 Å². The quantitative estimate of drug-likeness (QED) is 0.243. The predicted octanol–water partition coefficient (Wildman–Crippen LogP) is 4.99. The van der Waals surface area contributed by atoms with E-state index in [1.165, 1.54) is 74.9 Å². The molecule has 0 saturated heterocycles. The van der Waals surface area contributed by atoms with E-state index in [2.05, 4.69) is 10.0 Å². The normalized spacial score (nSPS) is 11.4. The average molecular weight is 616 g/mol. The molecule has 13 heteroatoms. The Bertz CT molecular complexity index is 1730. The fraction of sp³-hybridized carbons (Fsp3) is 0.107. The van der Waals surface area contributed by atoms with Gasteiger partial charge in [0.25, 0.3) is 20.0 Å².